The second-order valence-electron chi connectivity index (χ2n) is 4.12. The number of rotatable bonds is 7. The monoisotopic (exact) mass is 271 g/mol. The fourth-order valence-electron chi connectivity index (χ4n) is 1.65. The Morgan fingerprint density at radius 1 is 1.33 bits per heavy atom. The maximum atomic E-state index is 11.6. The molecule has 0 bridgehead atoms. The Balaban J connectivity index is 0.00000289. The van der Waals surface area contributed by atoms with Gasteiger partial charge in [-0.2, -0.15) is 0 Å². The topological polar surface area (TPSA) is 52.3 Å². The van der Waals surface area contributed by atoms with E-state index in [1.165, 1.54) is 0 Å². The van der Waals surface area contributed by atoms with E-state index in [2.05, 4.69) is 6.92 Å². The minimum absolute atomic E-state index is 0. The lowest BCUT2D eigenvalue weighted by Crippen LogP contribution is -2.18. The first kappa shape index (κ1) is 16.9. The maximum Gasteiger partial charge on any atom is 0.306 e. The van der Waals surface area contributed by atoms with Crippen molar-refractivity contribution < 1.29 is 9.53 Å². The van der Waals surface area contributed by atoms with Gasteiger partial charge in [0.2, 0.25) is 0 Å². The molecule has 1 aromatic carbocycles. The fraction of sp³-hybridized carbons (Fsp3) is 0.500. The van der Waals surface area contributed by atoms with Crippen molar-refractivity contribution in [2.24, 2.45) is 5.73 Å². The quantitative estimate of drug-likeness (QED) is 0.613. The molecule has 1 aromatic rings. The van der Waals surface area contributed by atoms with Crippen LogP contribution in [0.2, 0.25) is 0 Å². The number of hydrogen-bond acceptors (Lipinski definition) is 3. The number of unbranched alkanes of at least 4 members (excludes halogenated alkanes) is 1. The minimum atomic E-state index is -0.155. The summed E-state index contributed by atoms with van der Waals surface area (Å²) in [6.45, 7) is 3.05. The zero-order chi connectivity index (χ0) is 12.5. The number of carbonyl (C=O) groups excluding carboxylic acids is 1. The first-order chi connectivity index (χ1) is 8.27. The SMILES string of the molecule is CCCCOC(=O)CC(CN)c1ccccc1.Cl. The second-order valence-corrected chi connectivity index (χ2v) is 4.12. The van der Waals surface area contributed by atoms with Crippen LogP contribution in [0.25, 0.3) is 0 Å². The molecule has 3 nitrogen and oxygen atoms in total. The van der Waals surface area contributed by atoms with Gasteiger partial charge in [-0.3, -0.25) is 4.79 Å². The third-order valence-corrected chi connectivity index (χ3v) is 2.73. The van der Waals surface area contributed by atoms with Crippen molar-refractivity contribution in [1.29, 1.82) is 0 Å². The molecule has 0 saturated carbocycles. The van der Waals surface area contributed by atoms with Crippen LogP contribution in [0.3, 0.4) is 0 Å². The van der Waals surface area contributed by atoms with Gasteiger partial charge >= 0.3 is 5.97 Å². The molecule has 0 amide bonds. The molecule has 0 fully saturated rings. The lowest BCUT2D eigenvalue weighted by atomic mass is 9.96. The van der Waals surface area contributed by atoms with Gasteiger partial charge in [0, 0.05) is 5.92 Å². The van der Waals surface area contributed by atoms with Crippen LogP contribution in [0.4, 0.5) is 0 Å². The highest BCUT2D eigenvalue weighted by Gasteiger charge is 2.15. The molecule has 18 heavy (non-hydrogen) atoms. The van der Waals surface area contributed by atoms with E-state index >= 15 is 0 Å². The van der Waals surface area contributed by atoms with Gasteiger partial charge in [0.05, 0.1) is 13.0 Å². The molecule has 2 N–H and O–H groups in total. The highest BCUT2D eigenvalue weighted by atomic mass is 35.5. The summed E-state index contributed by atoms with van der Waals surface area (Å²) < 4.78 is 5.14. The van der Waals surface area contributed by atoms with E-state index in [0.29, 0.717) is 19.6 Å². The van der Waals surface area contributed by atoms with Gasteiger partial charge in [0.15, 0.2) is 0 Å². The van der Waals surface area contributed by atoms with Gasteiger partial charge < -0.3 is 10.5 Å². The van der Waals surface area contributed by atoms with Gasteiger partial charge in [0.1, 0.15) is 0 Å². The molecular weight excluding hydrogens is 250 g/mol. The Hall–Kier alpha value is -1.06. The summed E-state index contributed by atoms with van der Waals surface area (Å²) in [7, 11) is 0. The summed E-state index contributed by atoms with van der Waals surface area (Å²) in [5.41, 5.74) is 6.80. The molecule has 0 radical (unpaired) electrons. The lowest BCUT2D eigenvalue weighted by Gasteiger charge is -2.14. The van der Waals surface area contributed by atoms with Gasteiger partial charge in [0.25, 0.3) is 0 Å². The van der Waals surface area contributed by atoms with Crippen molar-refractivity contribution in [3.63, 3.8) is 0 Å². The van der Waals surface area contributed by atoms with Crippen LogP contribution < -0.4 is 5.73 Å². The van der Waals surface area contributed by atoms with Gasteiger partial charge in [-0.25, -0.2) is 0 Å². The number of esters is 1. The molecule has 0 aliphatic carbocycles. The summed E-state index contributed by atoms with van der Waals surface area (Å²) in [5, 5.41) is 0. The molecular formula is C14H22ClNO2. The summed E-state index contributed by atoms with van der Waals surface area (Å²) in [5.74, 6) is -0.0944. The zero-order valence-electron chi connectivity index (χ0n) is 10.8. The van der Waals surface area contributed by atoms with Crippen LogP contribution in [-0.4, -0.2) is 19.1 Å². The highest BCUT2D eigenvalue weighted by Crippen LogP contribution is 2.18. The summed E-state index contributed by atoms with van der Waals surface area (Å²) in [6.07, 6.45) is 2.32. The second kappa shape index (κ2) is 9.92. The average Bonchev–Trinajstić information content (AvgIpc) is 2.37. The first-order valence-electron chi connectivity index (χ1n) is 6.18. The van der Waals surface area contributed by atoms with Crippen LogP contribution in [0.15, 0.2) is 30.3 Å². The predicted molar refractivity (Wildman–Crippen MR) is 76.0 cm³/mol. The van der Waals surface area contributed by atoms with Crippen molar-refractivity contribution in [3.8, 4) is 0 Å². The van der Waals surface area contributed by atoms with Crippen LogP contribution >= 0.6 is 12.4 Å². The summed E-state index contributed by atoms with van der Waals surface area (Å²) in [4.78, 5) is 11.6. The normalized spacial score (nSPS) is 11.4. The molecule has 1 unspecified atom stereocenters. The van der Waals surface area contributed by atoms with Crippen molar-refractivity contribution in [3.05, 3.63) is 35.9 Å². The smallest absolute Gasteiger partial charge is 0.306 e. The van der Waals surface area contributed by atoms with E-state index < -0.39 is 0 Å². The highest BCUT2D eigenvalue weighted by molar-refractivity contribution is 5.85. The number of nitrogens with two attached hydrogens (primary N) is 1. The van der Waals surface area contributed by atoms with Crippen LogP contribution in [-0.2, 0) is 9.53 Å². The molecule has 1 atom stereocenters. The molecule has 0 saturated heterocycles. The number of carbonyl (C=O) groups is 1. The molecule has 0 aliphatic heterocycles. The van der Waals surface area contributed by atoms with E-state index in [-0.39, 0.29) is 24.3 Å². The molecule has 1 rings (SSSR count). The van der Waals surface area contributed by atoms with Crippen molar-refractivity contribution in [2.45, 2.75) is 32.1 Å². The number of hydrogen-bond donors (Lipinski definition) is 1. The Bertz CT molecular complexity index is 330. The molecule has 0 aliphatic rings. The maximum absolute atomic E-state index is 11.6. The number of ether oxygens (including phenoxy) is 1. The van der Waals surface area contributed by atoms with Crippen molar-refractivity contribution in [2.75, 3.05) is 13.2 Å². The molecule has 0 heterocycles. The van der Waals surface area contributed by atoms with E-state index in [0.717, 1.165) is 18.4 Å². The standard InChI is InChI=1S/C14H21NO2.ClH/c1-2-3-9-17-14(16)10-13(11-15)12-7-5-4-6-8-12;/h4-8,13H,2-3,9-11,15H2,1H3;1H. The van der Waals surface area contributed by atoms with E-state index in [9.17, 15) is 4.79 Å². The van der Waals surface area contributed by atoms with Crippen LogP contribution in [0, 0.1) is 0 Å². The molecule has 4 heteroatoms. The number of halogens is 1. The van der Waals surface area contributed by atoms with E-state index in [1.807, 2.05) is 30.3 Å². The van der Waals surface area contributed by atoms with E-state index in [4.69, 9.17) is 10.5 Å². The van der Waals surface area contributed by atoms with Gasteiger partial charge in [-0.1, -0.05) is 43.7 Å². The lowest BCUT2D eigenvalue weighted by molar-refractivity contribution is -0.144. The largest absolute Gasteiger partial charge is 0.466 e. The molecule has 0 aromatic heterocycles. The summed E-state index contributed by atoms with van der Waals surface area (Å²) in [6, 6.07) is 9.87. The Kier molecular flexibility index (Phi) is 9.33. The fourth-order valence-corrected chi connectivity index (χ4v) is 1.65. The van der Waals surface area contributed by atoms with Crippen molar-refractivity contribution >= 4 is 18.4 Å². The predicted octanol–water partition coefficient (Wildman–Crippen LogP) is 2.88. The Morgan fingerprint density at radius 2 is 2.00 bits per heavy atom. The number of benzene rings is 1. The van der Waals surface area contributed by atoms with E-state index in [1.54, 1.807) is 0 Å². The summed E-state index contributed by atoms with van der Waals surface area (Å²) >= 11 is 0. The van der Waals surface area contributed by atoms with Gasteiger partial charge in [-0.05, 0) is 18.5 Å². The van der Waals surface area contributed by atoms with Crippen molar-refractivity contribution in [1.82, 2.24) is 0 Å². The Morgan fingerprint density at radius 3 is 2.56 bits per heavy atom. The van der Waals surface area contributed by atoms with Crippen LogP contribution in [0.1, 0.15) is 37.7 Å². The Labute approximate surface area is 115 Å². The molecule has 102 valence electrons. The molecule has 0 spiro atoms. The third kappa shape index (κ3) is 6.03. The third-order valence-electron chi connectivity index (χ3n) is 2.73. The first-order valence-corrected chi connectivity index (χ1v) is 6.18. The average molecular weight is 272 g/mol. The minimum Gasteiger partial charge on any atom is -0.466 e. The zero-order valence-corrected chi connectivity index (χ0v) is 11.6. The van der Waals surface area contributed by atoms with Gasteiger partial charge in [-0.15, -0.1) is 12.4 Å². The van der Waals surface area contributed by atoms with Crippen LogP contribution in [0.5, 0.6) is 0 Å².